The van der Waals surface area contributed by atoms with Gasteiger partial charge in [0, 0.05) is 21.3 Å². The Morgan fingerprint density at radius 2 is 1.12 bits per heavy atom. The van der Waals surface area contributed by atoms with Crippen LogP contribution in [0.2, 0.25) is 0 Å². The Bertz CT molecular complexity index is 817. The molecule has 0 aromatic heterocycles. The van der Waals surface area contributed by atoms with Crippen LogP contribution in [0.5, 0.6) is 11.5 Å². The maximum atomic E-state index is 13.1. The lowest BCUT2D eigenvalue weighted by molar-refractivity contribution is -0.0273. The molecule has 1 unspecified atom stereocenters. The summed E-state index contributed by atoms with van der Waals surface area (Å²) in [6.45, 7) is 1.12. The quantitative estimate of drug-likeness (QED) is 0.204. The molecule has 2 rings (SSSR count). The van der Waals surface area contributed by atoms with Gasteiger partial charge in [0.15, 0.2) is 5.73 Å². The number of methoxy groups -OCH3 is 3. The molecule has 0 amide bonds. The van der Waals surface area contributed by atoms with Crippen LogP contribution in [0.1, 0.15) is 21.6 Å². The van der Waals surface area contributed by atoms with Gasteiger partial charge in [0.1, 0.15) is 11.5 Å². The van der Waals surface area contributed by atoms with Crippen molar-refractivity contribution in [2.45, 2.75) is 5.73 Å². The molecule has 34 heavy (non-hydrogen) atoms. The number of rotatable bonds is 16. The minimum absolute atomic E-state index is 0.0176. The predicted molar refractivity (Wildman–Crippen MR) is 124 cm³/mol. The number of hydrogen-bond acceptors (Lipinski definition) is 10. The molecular formula is C23H32O10Si. The van der Waals surface area contributed by atoms with Crippen molar-refractivity contribution in [2.75, 3.05) is 61.0 Å². The van der Waals surface area contributed by atoms with E-state index in [0.717, 1.165) is 0 Å². The van der Waals surface area contributed by atoms with E-state index in [-0.39, 0.29) is 56.7 Å². The molecular weight excluding hydrogens is 464 g/mol. The van der Waals surface area contributed by atoms with Gasteiger partial charge in [-0.15, -0.1) is 0 Å². The molecule has 0 aliphatic carbocycles. The predicted octanol–water partition coefficient (Wildman–Crippen LogP) is 2.46. The van der Waals surface area contributed by atoms with Crippen LogP contribution in [0.3, 0.4) is 0 Å². The van der Waals surface area contributed by atoms with Crippen molar-refractivity contribution in [3.05, 3.63) is 59.7 Å². The van der Waals surface area contributed by atoms with E-state index in [1.54, 1.807) is 12.1 Å². The highest BCUT2D eigenvalue weighted by Crippen LogP contribution is 2.33. The first kappa shape index (κ1) is 27.7. The number of phenols is 2. The summed E-state index contributed by atoms with van der Waals surface area (Å²) in [5.74, 6) is -0.611. The second-order valence-corrected chi connectivity index (χ2v) is 9.65. The number of carbonyl (C=O) groups excluding carboxylic acids is 1. The fourth-order valence-electron chi connectivity index (χ4n) is 2.92. The van der Waals surface area contributed by atoms with E-state index in [2.05, 4.69) is 0 Å². The van der Waals surface area contributed by atoms with Crippen molar-refractivity contribution in [1.82, 2.24) is 0 Å². The number of phenolic OH excluding ortho intramolecular Hbond substituents is 2. The molecule has 0 radical (unpaired) electrons. The van der Waals surface area contributed by atoms with Gasteiger partial charge in [-0.2, -0.15) is 0 Å². The molecule has 0 fully saturated rings. The maximum absolute atomic E-state index is 13.1. The van der Waals surface area contributed by atoms with Crippen molar-refractivity contribution in [3.8, 4) is 11.5 Å². The van der Waals surface area contributed by atoms with Crippen molar-refractivity contribution in [3.63, 3.8) is 0 Å². The average Bonchev–Trinajstić information content (AvgIpc) is 2.83. The SMILES string of the molecule is COCCO[Si](OCCOC)(OCCOC)C(OC(=O)c1ccc(O)cc1)c1ccc(O)cc1. The first-order valence-electron chi connectivity index (χ1n) is 10.6. The Kier molecular flexibility index (Phi) is 12.0. The van der Waals surface area contributed by atoms with Crippen molar-refractivity contribution in [2.24, 2.45) is 0 Å². The molecule has 2 aromatic carbocycles. The zero-order chi connectivity index (χ0) is 24.8. The summed E-state index contributed by atoms with van der Waals surface area (Å²) in [5, 5.41) is 19.3. The van der Waals surface area contributed by atoms with Gasteiger partial charge in [-0.25, -0.2) is 4.79 Å². The minimum atomic E-state index is -3.82. The van der Waals surface area contributed by atoms with Gasteiger partial charge in [-0.3, -0.25) is 0 Å². The number of aromatic hydroxyl groups is 2. The van der Waals surface area contributed by atoms with Gasteiger partial charge in [-0.05, 0) is 42.0 Å². The molecule has 0 saturated carbocycles. The van der Waals surface area contributed by atoms with Crippen molar-refractivity contribution in [1.29, 1.82) is 0 Å². The largest absolute Gasteiger partial charge is 0.549 e. The monoisotopic (exact) mass is 496 g/mol. The van der Waals surface area contributed by atoms with E-state index in [4.69, 9.17) is 32.2 Å². The Labute approximate surface area is 200 Å². The van der Waals surface area contributed by atoms with Gasteiger partial charge in [0.2, 0.25) is 0 Å². The molecule has 0 saturated heterocycles. The summed E-state index contributed by atoms with van der Waals surface area (Å²) in [6.07, 6.45) is 0. The average molecular weight is 497 g/mol. The van der Waals surface area contributed by atoms with E-state index >= 15 is 0 Å². The number of carbonyl (C=O) groups is 1. The summed E-state index contributed by atoms with van der Waals surface area (Å²) in [5.41, 5.74) is -0.362. The third kappa shape index (κ3) is 8.36. The fourth-order valence-corrected chi connectivity index (χ4v) is 5.58. The highest BCUT2D eigenvalue weighted by atomic mass is 28.4. The van der Waals surface area contributed by atoms with Crippen LogP contribution in [0.15, 0.2) is 48.5 Å². The summed E-state index contributed by atoms with van der Waals surface area (Å²) in [6, 6.07) is 11.8. The molecule has 2 N–H and O–H groups in total. The molecule has 0 aliphatic rings. The Morgan fingerprint density at radius 1 is 0.706 bits per heavy atom. The van der Waals surface area contributed by atoms with Gasteiger partial charge >= 0.3 is 14.8 Å². The summed E-state index contributed by atoms with van der Waals surface area (Å²) in [4.78, 5) is 13.1. The van der Waals surface area contributed by atoms with Crippen molar-refractivity contribution < 1.29 is 47.2 Å². The van der Waals surface area contributed by atoms with Crippen LogP contribution in [0.25, 0.3) is 0 Å². The Balaban J connectivity index is 2.49. The first-order chi connectivity index (χ1) is 16.5. The standard InChI is InChI=1S/C23H32O10Si/c1-27-12-15-30-34(31-16-13-28-2,32-17-14-29-3)23(19-6-10-21(25)11-7-19)33-22(26)18-4-8-20(24)9-5-18/h4-11,23-25H,12-17H2,1-3H3. The van der Waals surface area contributed by atoms with E-state index in [9.17, 15) is 15.0 Å². The topological polar surface area (TPSA) is 122 Å². The van der Waals surface area contributed by atoms with Gasteiger partial charge < -0.3 is 42.4 Å². The molecule has 1 atom stereocenters. The number of esters is 1. The van der Waals surface area contributed by atoms with Gasteiger partial charge in [0.05, 0.1) is 45.2 Å². The number of ether oxygens (including phenoxy) is 4. The van der Waals surface area contributed by atoms with E-state index in [1.807, 2.05) is 0 Å². The van der Waals surface area contributed by atoms with Crippen LogP contribution in [0, 0.1) is 0 Å². The smallest absolute Gasteiger partial charge is 0.508 e. The number of benzene rings is 2. The van der Waals surface area contributed by atoms with E-state index < -0.39 is 20.5 Å². The molecule has 0 spiro atoms. The molecule has 0 heterocycles. The lowest BCUT2D eigenvalue weighted by Gasteiger charge is -2.35. The summed E-state index contributed by atoms with van der Waals surface area (Å²) >= 11 is 0. The van der Waals surface area contributed by atoms with Gasteiger partial charge in [-0.1, -0.05) is 12.1 Å². The molecule has 0 aliphatic heterocycles. The maximum Gasteiger partial charge on any atom is 0.549 e. The van der Waals surface area contributed by atoms with Crippen LogP contribution in [0.4, 0.5) is 0 Å². The van der Waals surface area contributed by atoms with Crippen LogP contribution >= 0.6 is 0 Å². The molecule has 10 nitrogen and oxygen atoms in total. The minimum Gasteiger partial charge on any atom is -0.508 e. The highest BCUT2D eigenvalue weighted by Gasteiger charge is 2.54. The third-order valence-corrected chi connectivity index (χ3v) is 7.53. The highest BCUT2D eigenvalue weighted by molar-refractivity contribution is 6.62. The fraction of sp³-hybridized carbons (Fsp3) is 0.435. The lowest BCUT2D eigenvalue weighted by atomic mass is 10.2. The van der Waals surface area contributed by atoms with E-state index in [1.165, 1.54) is 57.7 Å². The van der Waals surface area contributed by atoms with Crippen LogP contribution in [-0.4, -0.2) is 86.0 Å². The first-order valence-corrected chi connectivity index (χ1v) is 12.4. The van der Waals surface area contributed by atoms with Crippen LogP contribution in [-0.2, 0) is 32.2 Å². The molecule has 2 aromatic rings. The van der Waals surface area contributed by atoms with Gasteiger partial charge in [0.25, 0.3) is 0 Å². The molecule has 0 bridgehead atoms. The molecule has 11 heteroatoms. The summed E-state index contributed by atoms with van der Waals surface area (Å²) < 4.78 is 39.7. The zero-order valence-electron chi connectivity index (χ0n) is 19.6. The van der Waals surface area contributed by atoms with E-state index in [0.29, 0.717) is 5.56 Å². The van der Waals surface area contributed by atoms with Crippen LogP contribution < -0.4 is 0 Å². The zero-order valence-corrected chi connectivity index (χ0v) is 20.6. The number of hydrogen-bond donors (Lipinski definition) is 2. The van der Waals surface area contributed by atoms with Crippen molar-refractivity contribution >= 4 is 14.8 Å². The third-order valence-electron chi connectivity index (χ3n) is 4.62. The second-order valence-electron chi connectivity index (χ2n) is 7.05. The Hall–Kier alpha value is -2.51. The lowest BCUT2D eigenvalue weighted by Crippen LogP contribution is -2.54. The summed E-state index contributed by atoms with van der Waals surface area (Å²) in [7, 11) is 0.787. The normalized spacial score (nSPS) is 12.4. The molecule has 188 valence electrons. The Morgan fingerprint density at radius 3 is 1.53 bits per heavy atom. The second kappa shape index (κ2) is 14.7.